The first-order valence-corrected chi connectivity index (χ1v) is 6.04. The summed E-state index contributed by atoms with van der Waals surface area (Å²) >= 11 is 0. The van der Waals surface area contributed by atoms with Gasteiger partial charge in [-0.05, 0) is 19.3 Å². The van der Waals surface area contributed by atoms with Gasteiger partial charge in [0.1, 0.15) is 0 Å². The van der Waals surface area contributed by atoms with Gasteiger partial charge in [-0.2, -0.15) is 0 Å². The van der Waals surface area contributed by atoms with Crippen molar-refractivity contribution in [3.63, 3.8) is 0 Å². The van der Waals surface area contributed by atoms with Crippen molar-refractivity contribution >= 4 is 5.97 Å². The molecule has 0 aliphatic heterocycles. The van der Waals surface area contributed by atoms with Gasteiger partial charge < -0.3 is 9.47 Å². The van der Waals surface area contributed by atoms with E-state index in [1.165, 1.54) is 0 Å². The van der Waals surface area contributed by atoms with Gasteiger partial charge in [0, 0.05) is 6.61 Å². The zero-order valence-corrected chi connectivity index (χ0v) is 10.3. The molecule has 0 radical (unpaired) electrons. The van der Waals surface area contributed by atoms with Gasteiger partial charge in [0.15, 0.2) is 6.10 Å². The molecule has 15 heavy (non-hydrogen) atoms. The Hall–Kier alpha value is -0.570. The Morgan fingerprint density at radius 3 is 2.20 bits per heavy atom. The fourth-order valence-electron chi connectivity index (χ4n) is 1.13. The number of ether oxygens (including phenoxy) is 2. The van der Waals surface area contributed by atoms with Crippen LogP contribution in [0.1, 0.15) is 52.9 Å². The van der Waals surface area contributed by atoms with Crippen LogP contribution in [0.2, 0.25) is 0 Å². The first-order valence-electron chi connectivity index (χ1n) is 6.04. The van der Waals surface area contributed by atoms with E-state index in [2.05, 4.69) is 13.8 Å². The molecule has 0 rings (SSSR count). The Balaban J connectivity index is 3.67. The predicted molar refractivity (Wildman–Crippen MR) is 60.8 cm³/mol. The molecule has 0 heterocycles. The van der Waals surface area contributed by atoms with Crippen LogP contribution in [0.15, 0.2) is 0 Å². The molecular formula is C12H24O3. The lowest BCUT2D eigenvalue weighted by atomic mass is 10.2. The van der Waals surface area contributed by atoms with E-state index in [1.807, 2.05) is 6.92 Å². The minimum absolute atomic E-state index is 0.206. The van der Waals surface area contributed by atoms with Crippen LogP contribution < -0.4 is 0 Å². The van der Waals surface area contributed by atoms with Gasteiger partial charge in [-0.15, -0.1) is 0 Å². The Labute approximate surface area is 93.1 Å². The van der Waals surface area contributed by atoms with Gasteiger partial charge in [0.2, 0.25) is 0 Å². The minimum atomic E-state index is -0.367. The molecule has 3 nitrogen and oxygen atoms in total. The molecule has 0 saturated heterocycles. The second-order valence-corrected chi connectivity index (χ2v) is 3.64. The lowest BCUT2D eigenvalue weighted by Crippen LogP contribution is -2.26. The average molecular weight is 216 g/mol. The average Bonchev–Trinajstić information content (AvgIpc) is 2.24. The maximum absolute atomic E-state index is 11.5. The third-order valence-electron chi connectivity index (χ3n) is 2.19. The van der Waals surface area contributed by atoms with E-state index in [9.17, 15) is 4.79 Å². The molecule has 90 valence electrons. The zero-order valence-electron chi connectivity index (χ0n) is 10.3. The summed E-state index contributed by atoms with van der Waals surface area (Å²) in [5.74, 6) is -0.206. The highest BCUT2D eigenvalue weighted by Gasteiger charge is 2.17. The largest absolute Gasteiger partial charge is 0.464 e. The summed E-state index contributed by atoms with van der Waals surface area (Å²) in [5.41, 5.74) is 0. The zero-order chi connectivity index (χ0) is 11.5. The number of hydrogen-bond acceptors (Lipinski definition) is 3. The van der Waals surface area contributed by atoms with E-state index in [0.717, 1.165) is 25.7 Å². The Morgan fingerprint density at radius 1 is 1.07 bits per heavy atom. The number of unbranched alkanes of at least 4 members (excludes halogenated alkanes) is 2. The van der Waals surface area contributed by atoms with Crippen molar-refractivity contribution in [1.82, 2.24) is 0 Å². The van der Waals surface area contributed by atoms with Crippen molar-refractivity contribution in [3.05, 3.63) is 0 Å². The molecule has 0 aliphatic rings. The summed E-state index contributed by atoms with van der Waals surface area (Å²) < 4.78 is 10.6. The third-order valence-corrected chi connectivity index (χ3v) is 2.19. The highest BCUT2D eigenvalue weighted by molar-refractivity contribution is 5.74. The Kier molecular flexibility index (Phi) is 9.59. The molecule has 0 amide bonds. The SMILES string of the molecule is CCCCOC(=O)C(CC)OCCCC. The molecule has 0 spiro atoms. The molecule has 0 aliphatic carbocycles. The van der Waals surface area contributed by atoms with Gasteiger partial charge in [0.05, 0.1) is 6.61 Å². The Morgan fingerprint density at radius 2 is 1.67 bits per heavy atom. The van der Waals surface area contributed by atoms with Crippen molar-refractivity contribution in [2.24, 2.45) is 0 Å². The molecule has 1 atom stereocenters. The van der Waals surface area contributed by atoms with Crippen LogP contribution in [-0.2, 0) is 14.3 Å². The molecule has 0 aromatic carbocycles. The van der Waals surface area contributed by atoms with Crippen LogP contribution in [0.25, 0.3) is 0 Å². The second-order valence-electron chi connectivity index (χ2n) is 3.64. The standard InChI is InChI=1S/C12H24O3/c1-4-7-9-14-11(6-3)12(13)15-10-8-5-2/h11H,4-10H2,1-3H3. The quantitative estimate of drug-likeness (QED) is 0.439. The van der Waals surface area contributed by atoms with Crippen molar-refractivity contribution in [3.8, 4) is 0 Å². The highest BCUT2D eigenvalue weighted by Crippen LogP contribution is 2.03. The fourth-order valence-corrected chi connectivity index (χ4v) is 1.13. The van der Waals surface area contributed by atoms with E-state index in [1.54, 1.807) is 0 Å². The first-order chi connectivity index (χ1) is 7.26. The van der Waals surface area contributed by atoms with Gasteiger partial charge in [-0.1, -0.05) is 33.6 Å². The van der Waals surface area contributed by atoms with E-state index < -0.39 is 0 Å². The maximum atomic E-state index is 11.5. The van der Waals surface area contributed by atoms with E-state index >= 15 is 0 Å². The summed E-state index contributed by atoms with van der Waals surface area (Å²) in [6, 6.07) is 0. The molecule has 0 bridgehead atoms. The number of hydrogen-bond donors (Lipinski definition) is 0. The topological polar surface area (TPSA) is 35.5 Å². The third kappa shape index (κ3) is 7.37. The summed E-state index contributed by atoms with van der Waals surface area (Å²) in [5, 5.41) is 0. The number of esters is 1. The van der Waals surface area contributed by atoms with E-state index in [-0.39, 0.29) is 12.1 Å². The van der Waals surface area contributed by atoms with Gasteiger partial charge >= 0.3 is 5.97 Å². The number of carbonyl (C=O) groups excluding carboxylic acids is 1. The van der Waals surface area contributed by atoms with Gasteiger partial charge in [-0.25, -0.2) is 4.79 Å². The van der Waals surface area contributed by atoms with Crippen LogP contribution >= 0.6 is 0 Å². The molecular weight excluding hydrogens is 192 g/mol. The van der Waals surface area contributed by atoms with Crippen LogP contribution in [-0.4, -0.2) is 25.3 Å². The van der Waals surface area contributed by atoms with Gasteiger partial charge in [-0.3, -0.25) is 0 Å². The van der Waals surface area contributed by atoms with E-state index in [0.29, 0.717) is 19.6 Å². The summed E-state index contributed by atoms with van der Waals surface area (Å²) in [6.07, 6.45) is 4.38. The highest BCUT2D eigenvalue weighted by atomic mass is 16.6. The van der Waals surface area contributed by atoms with E-state index in [4.69, 9.17) is 9.47 Å². The fraction of sp³-hybridized carbons (Fsp3) is 0.917. The van der Waals surface area contributed by atoms with Crippen molar-refractivity contribution in [2.75, 3.05) is 13.2 Å². The van der Waals surface area contributed by atoms with Crippen LogP contribution in [0, 0.1) is 0 Å². The molecule has 0 aromatic rings. The summed E-state index contributed by atoms with van der Waals surface area (Å²) in [4.78, 5) is 11.5. The molecule has 0 saturated carbocycles. The predicted octanol–water partition coefficient (Wildman–Crippen LogP) is 2.93. The molecule has 3 heteroatoms. The van der Waals surface area contributed by atoms with Gasteiger partial charge in [0.25, 0.3) is 0 Å². The summed E-state index contributed by atoms with van der Waals surface area (Å²) in [6.45, 7) is 7.28. The van der Waals surface area contributed by atoms with Crippen molar-refractivity contribution < 1.29 is 14.3 Å². The minimum Gasteiger partial charge on any atom is -0.464 e. The molecule has 0 N–H and O–H groups in total. The van der Waals surface area contributed by atoms with Crippen LogP contribution in [0.3, 0.4) is 0 Å². The Bertz CT molecular complexity index is 157. The first kappa shape index (κ1) is 14.4. The lowest BCUT2D eigenvalue weighted by Gasteiger charge is -2.14. The number of carbonyl (C=O) groups is 1. The lowest BCUT2D eigenvalue weighted by molar-refractivity contribution is -0.157. The summed E-state index contributed by atoms with van der Waals surface area (Å²) in [7, 11) is 0. The second kappa shape index (κ2) is 9.97. The van der Waals surface area contributed by atoms with Crippen molar-refractivity contribution in [2.45, 2.75) is 59.0 Å². The molecule has 0 fully saturated rings. The van der Waals surface area contributed by atoms with Crippen LogP contribution in [0.5, 0.6) is 0 Å². The molecule has 0 aromatic heterocycles. The monoisotopic (exact) mass is 216 g/mol. The molecule has 1 unspecified atom stereocenters. The maximum Gasteiger partial charge on any atom is 0.335 e. The smallest absolute Gasteiger partial charge is 0.335 e. The normalized spacial score (nSPS) is 12.5. The van der Waals surface area contributed by atoms with Crippen LogP contribution in [0.4, 0.5) is 0 Å². The van der Waals surface area contributed by atoms with Crippen molar-refractivity contribution in [1.29, 1.82) is 0 Å². The number of rotatable bonds is 9.